The van der Waals surface area contributed by atoms with Gasteiger partial charge in [0.05, 0.1) is 18.7 Å². The number of hydrogen-bond donors (Lipinski definition) is 1. The van der Waals surface area contributed by atoms with Gasteiger partial charge in [-0.05, 0) is 44.4 Å². The van der Waals surface area contributed by atoms with Gasteiger partial charge in [0.25, 0.3) is 0 Å². The molecule has 2 aromatic rings. The molecular formula is C15H20N4OS. The lowest BCUT2D eigenvalue weighted by atomic mass is 10.1. The molecule has 1 aliphatic heterocycles. The van der Waals surface area contributed by atoms with Crippen LogP contribution in [0.25, 0.3) is 0 Å². The van der Waals surface area contributed by atoms with Gasteiger partial charge in [0, 0.05) is 10.9 Å². The molecule has 1 aliphatic rings. The van der Waals surface area contributed by atoms with Crippen molar-refractivity contribution in [1.29, 1.82) is 0 Å². The first-order valence-corrected chi connectivity index (χ1v) is 8.14. The van der Waals surface area contributed by atoms with Crippen molar-refractivity contribution in [2.45, 2.75) is 25.3 Å². The Bertz CT molecular complexity index is 585. The average Bonchev–Trinajstić information content (AvgIpc) is 3.11. The van der Waals surface area contributed by atoms with E-state index in [-0.39, 0.29) is 5.91 Å². The van der Waals surface area contributed by atoms with Gasteiger partial charge < -0.3 is 10.2 Å². The highest BCUT2D eigenvalue weighted by Crippen LogP contribution is 2.24. The fourth-order valence-electron chi connectivity index (χ4n) is 2.70. The highest BCUT2D eigenvalue weighted by molar-refractivity contribution is 7.10. The Hall–Kier alpha value is -1.66. The highest BCUT2D eigenvalue weighted by atomic mass is 32.1. The van der Waals surface area contributed by atoms with Gasteiger partial charge in [-0.1, -0.05) is 6.07 Å². The van der Waals surface area contributed by atoms with E-state index in [9.17, 15) is 4.79 Å². The second-order valence-corrected chi connectivity index (χ2v) is 6.53. The van der Waals surface area contributed by atoms with Crippen LogP contribution in [0.2, 0.25) is 0 Å². The van der Waals surface area contributed by atoms with Crippen LogP contribution in [0.1, 0.15) is 23.8 Å². The van der Waals surface area contributed by atoms with Crippen LogP contribution in [0.15, 0.2) is 29.8 Å². The van der Waals surface area contributed by atoms with Crippen molar-refractivity contribution in [2.75, 3.05) is 25.5 Å². The third-order valence-corrected chi connectivity index (χ3v) is 4.76. The van der Waals surface area contributed by atoms with Gasteiger partial charge in [-0.25, -0.2) is 4.68 Å². The summed E-state index contributed by atoms with van der Waals surface area (Å²) in [5.74, 6) is 0.832. The second kappa shape index (κ2) is 6.41. The zero-order valence-corrected chi connectivity index (χ0v) is 13.0. The number of amides is 1. The normalized spacial score (nSPS) is 17.0. The summed E-state index contributed by atoms with van der Waals surface area (Å²) in [6, 6.07) is 6.22. The van der Waals surface area contributed by atoms with E-state index in [1.165, 1.54) is 0 Å². The fourth-order valence-corrected chi connectivity index (χ4v) is 3.41. The van der Waals surface area contributed by atoms with E-state index in [2.05, 4.69) is 22.4 Å². The zero-order valence-electron chi connectivity index (χ0n) is 12.2. The van der Waals surface area contributed by atoms with Crippen LogP contribution in [0, 0.1) is 0 Å². The molecule has 1 N–H and O–H groups in total. The van der Waals surface area contributed by atoms with Crippen molar-refractivity contribution in [1.82, 2.24) is 14.7 Å². The quantitative estimate of drug-likeness (QED) is 0.943. The maximum atomic E-state index is 12.1. The molecule has 0 aromatic carbocycles. The van der Waals surface area contributed by atoms with E-state index in [0.29, 0.717) is 12.5 Å². The number of carbonyl (C=O) groups is 1. The number of aromatic nitrogens is 2. The van der Waals surface area contributed by atoms with Crippen molar-refractivity contribution >= 4 is 23.1 Å². The van der Waals surface area contributed by atoms with Gasteiger partial charge in [-0.2, -0.15) is 5.10 Å². The minimum absolute atomic E-state index is 0.0205. The van der Waals surface area contributed by atoms with Crippen LogP contribution in [0.3, 0.4) is 0 Å². The predicted molar refractivity (Wildman–Crippen MR) is 84.6 cm³/mol. The summed E-state index contributed by atoms with van der Waals surface area (Å²) in [5.41, 5.74) is 0. The van der Waals surface area contributed by atoms with E-state index in [1.54, 1.807) is 17.5 Å². The molecule has 1 fully saturated rings. The Morgan fingerprint density at radius 2 is 2.24 bits per heavy atom. The number of piperidine rings is 1. The third kappa shape index (κ3) is 3.51. The molecular weight excluding hydrogens is 284 g/mol. The van der Waals surface area contributed by atoms with Crippen molar-refractivity contribution in [3.05, 3.63) is 34.7 Å². The smallest absolute Gasteiger partial charge is 0.230 e. The lowest BCUT2D eigenvalue weighted by Crippen LogP contribution is -2.32. The van der Waals surface area contributed by atoms with Crippen LogP contribution in [0.4, 0.5) is 5.82 Å². The van der Waals surface area contributed by atoms with Gasteiger partial charge in [-0.15, -0.1) is 11.3 Å². The summed E-state index contributed by atoms with van der Waals surface area (Å²) in [7, 11) is 2.14. The van der Waals surface area contributed by atoms with Gasteiger partial charge in [-0.3, -0.25) is 4.79 Å². The molecule has 2 aromatic heterocycles. The molecule has 3 heterocycles. The number of carbonyl (C=O) groups excluding carboxylic acids is 1. The Kier molecular flexibility index (Phi) is 4.36. The number of rotatable bonds is 4. The Labute approximate surface area is 128 Å². The van der Waals surface area contributed by atoms with Crippen LogP contribution >= 0.6 is 11.3 Å². The summed E-state index contributed by atoms with van der Waals surface area (Å²) >= 11 is 1.61. The topological polar surface area (TPSA) is 50.2 Å². The zero-order chi connectivity index (χ0) is 14.7. The number of nitrogens with one attached hydrogen (secondary N) is 1. The van der Waals surface area contributed by atoms with Gasteiger partial charge >= 0.3 is 0 Å². The lowest BCUT2D eigenvalue weighted by molar-refractivity contribution is -0.115. The third-order valence-electron chi connectivity index (χ3n) is 3.89. The standard InChI is InChI=1S/C15H20N4OS/c1-18-8-5-12(6-9-18)19-14(4-7-16-19)17-15(20)11-13-3-2-10-21-13/h2-4,7,10,12H,5-6,8-9,11H2,1H3,(H,17,20). The molecule has 0 spiro atoms. The molecule has 0 aliphatic carbocycles. The van der Waals surface area contributed by atoms with E-state index in [4.69, 9.17) is 0 Å². The van der Waals surface area contributed by atoms with Crippen molar-refractivity contribution < 1.29 is 4.79 Å². The predicted octanol–water partition coefficient (Wildman–Crippen LogP) is 2.39. The maximum absolute atomic E-state index is 12.1. The lowest BCUT2D eigenvalue weighted by Gasteiger charge is -2.30. The molecule has 0 saturated carbocycles. The minimum atomic E-state index is 0.0205. The number of nitrogens with zero attached hydrogens (tertiary/aromatic N) is 3. The summed E-state index contributed by atoms with van der Waals surface area (Å²) in [5, 5.41) is 9.38. The molecule has 1 saturated heterocycles. The van der Waals surface area contributed by atoms with Crippen molar-refractivity contribution in [2.24, 2.45) is 0 Å². The largest absolute Gasteiger partial charge is 0.311 e. The Morgan fingerprint density at radius 1 is 1.43 bits per heavy atom. The van der Waals surface area contributed by atoms with Crippen LogP contribution < -0.4 is 5.32 Å². The number of likely N-dealkylation sites (tertiary alicyclic amines) is 1. The number of hydrogen-bond acceptors (Lipinski definition) is 4. The van der Waals surface area contributed by atoms with E-state index < -0.39 is 0 Å². The van der Waals surface area contributed by atoms with Crippen LogP contribution in [0.5, 0.6) is 0 Å². The summed E-state index contributed by atoms with van der Waals surface area (Å²) < 4.78 is 1.97. The van der Waals surface area contributed by atoms with Crippen LogP contribution in [-0.2, 0) is 11.2 Å². The summed E-state index contributed by atoms with van der Waals surface area (Å²) in [6.07, 6.45) is 4.34. The second-order valence-electron chi connectivity index (χ2n) is 5.50. The first-order chi connectivity index (χ1) is 10.2. The molecule has 0 bridgehead atoms. The molecule has 112 valence electrons. The Morgan fingerprint density at radius 3 is 2.95 bits per heavy atom. The Balaban J connectivity index is 1.63. The molecule has 0 atom stereocenters. The first kappa shape index (κ1) is 14.3. The monoisotopic (exact) mass is 304 g/mol. The molecule has 21 heavy (non-hydrogen) atoms. The number of anilines is 1. The molecule has 0 unspecified atom stereocenters. The van der Waals surface area contributed by atoms with Crippen molar-refractivity contribution in [3.63, 3.8) is 0 Å². The van der Waals surface area contributed by atoms with Gasteiger partial charge in [0.1, 0.15) is 5.82 Å². The summed E-state index contributed by atoms with van der Waals surface area (Å²) in [4.78, 5) is 15.5. The minimum Gasteiger partial charge on any atom is -0.311 e. The van der Waals surface area contributed by atoms with E-state index in [1.807, 2.05) is 28.3 Å². The van der Waals surface area contributed by atoms with Crippen molar-refractivity contribution in [3.8, 4) is 0 Å². The first-order valence-electron chi connectivity index (χ1n) is 7.26. The maximum Gasteiger partial charge on any atom is 0.230 e. The molecule has 1 amide bonds. The number of thiophene rings is 1. The van der Waals surface area contributed by atoms with Gasteiger partial charge in [0.2, 0.25) is 5.91 Å². The van der Waals surface area contributed by atoms with E-state index >= 15 is 0 Å². The summed E-state index contributed by atoms with van der Waals surface area (Å²) in [6.45, 7) is 2.15. The fraction of sp³-hybridized carbons (Fsp3) is 0.467. The molecule has 0 radical (unpaired) electrons. The molecule has 6 heteroatoms. The van der Waals surface area contributed by atoms with Gasteiger partial charge in [0.15, 0.2) is 0 Å². The average molecular weight is 304 g/mol. The van der Waals surface area contributed by atoms with E-state index in [0.717, 1.165) is 36.6 Å². The molecule has 5 nitrogen and oxygen atoms in total. The molecule has 3 rings (SSSR count). The highest BCUT2D eigenvalue weighted by Gasteiger charge is 2.21. The van der Waals surface area contributed by atoms with Crippen LogP contribution in [-0.4, -0.2) is 40.7 Å². The SMILES string of the molecule is CN1CCC(n2nccc2NC(=O)Cc2cccs2)CC1.